The van der Waals surface area contributed by atoms with Gasteiger partial charge in [0.25, 0.3) is 0 Å². The molecule has 0 bridgehead atoms. The number of aliphatic hydroxyl groups is 2. The van der Waals surface area contributed by atoms with Crippen LogP contribution in [0.15, 0.2) is 54.1 Å². The standard InChI is InChI=1S/C26H28N2O7/c1-15(31)28(13-16-6-4-3-5-7-16)20-12-19(26(33)27-8-9-29)22-18-10-17(14-30)11-21(34-2)24(18)35-25(22)23(20)32/h3-7,10-12,14,20,22-23,25,29,32H,8-9,13H2,1-2H3,(H,27,33). The van der Waals surface area contributed by atoms with Crippen LogP contribution in [0.25, 0.3) is 0 Å². The number of rotatable bonds is 8. The minimum absolute atomic E-state index is 0.0344. The van der Waals surface area contributed by atoms with Crippen LogP contribution in [0, 0.1) is 0 Å². The van der Waals surface area contributed by atoms with Crippen LogP contribution in [0.4, 0.5) is 0 Å². The summed E-state index contributed by atoms with van der Waals surface area (Å²) >= 11 is 0. The Labute approximate surface area is 203 Å². The summed E-state index contributed by atoms with van der Waals surface area (Å²) in [4.78, 5) is 38.9. The van der Waals surface area contributed by atoms with E-state index in [9.17, 15) is 24.6 Å². The fourth-order valence-electron chi connectivity index (χ4n) is 4.77. The van der Waals surface area contributed by atoms with E-state index in [2.05, 4.69) is 5.32 Å². The van der Waals surface area contributed by atoms with Crippen molar-refractivity contribution < 1.29 is 34.1 Å². The van der Waals surface area contributed by atoms with E-state index in [0.717, 1.165) is 5.56 Å². The lowest BCUT2D eigenvalue weighted by atomic mass is 9.77. The first kappa shape index (κ1) is 24.4. The Balaban J connectivity index is 1.80. The van der Waals surface area contributed by atoms with E-state index in [1.54, 1.807) is 12.1 Å². The number of aliphatic hydroxyl groups excluding tert-OH is 2. The largest absolute Gasteiger partial charge is 0.493 e. The lowest BCUT2D eigenvalue weighted by Crippen LogP contribution is -2.55. The summed E-state index contributed by atoms with van der Waals surface area (Å²) in [6.45, 7) is 1.42. The smallest absolute Gasteiger partial charge is 0.247 e. The average molecular weight is 481 g/mol. The van der Waals surface area contributed by atoms with Gasteiger partial charge < -0.3 is 29.9 Å². The third kappa shape index (κ3) is 4.65. The second-order valence-corrected chi connectivity index (χ2v) is 8.53. The van der Waals surface area contributed by atoms with Crippen molar-refractivity contribution in [3.63, 3.8) is 0 Å². The number of nitrogens with one attached hydrogen (secondary N) is 1. The minimum Gasteiger partial charge on any atom is -0.493 e. The lowest BCUT2D eigenvalue weighted by molar-refractivity contribution is -0.135. The van der Waals surface area contributed by atoms with Gasteiger partial charge in [-0.1, -0.05) is 30.3 Å². The van der Waals surface area contributed by atoms with Gasteiger partial charge in [0.05, 0.1) is 25.7 Å². The number of fused-ring (bicyclic) bond motifs is 3. The Bertz CT molecular complexity index is 1150. The second kappa shape index (κ2) is 10.3. The van der Waals surface area contributed by atoms with E-state index in [1.807, 2.05) is 30.3 Å². The lowest BCUT2D eigenvalue weighted by Gasteiger charge is -2.40. The Kier molecular flexibility index (Phi) is 7.18. The molecule has 35 heavy (non-hydrogen) atoms. The van der Waals surface area contributed by atoms with E-state index in [0.29, 0.717) is 28.9 Å². The summed E-state index contributed by atoms with van der Waals surface area (Å²) in [5, 5.41) is 23.3. The van der Waals surface area contributed by atoms with Crippen molar-refractivity contribution in [3.8, 4) is 11.5 Å². The topological polar surface area (TPSA) is 125 Å². The highest BCUT2D eigenvalue weighted by Crippen LogP contribution is 2.51. The molecule has 4 atom stereocenters. The van der Waals surface area contributed by atoms with Gasteiger partial charge in [-0.15, -0.1) is 0 Å². The summed E-state index contributed by atoms with van der Waals surface area (Å²) in [6, 6.07) is 11.6. The van der Waals surface area contributed by atoms with Crippen LogP contribution in [0.1, 0.15) is 34.3 Å². The van der Waals surface area contributed by atoms with E-state index in [1.165, 1.54) is 25.0 Å². The van der Waals surface area contributed by atoms with Gasteiger partial charge >= 0.3 is 0 Å². The van der Waals surface area contributed by atoms with E-state index >= 15 is 0 Å². The van der Waals surface area contributed by atoms with E-state index in [-0.39, 0.29) is 31.2 Å². The van der Waals surface area contributed by atoms with Crippen LogP contribution in [0.5, 0.6) is 11.5 Å². The first-order valence-corrected chi connectivity index (χ1v) is 11.3. The fourth-order valence-corrected chi connectivity index (χ4v) is 4.77. The molecule has 184 valence electrons. The van der Waals surface area contributed by atoms with Gasteiger partial charge in [0, 0.05) is 36.7 Å². The van der Waals surface area contributed by atoms with Crippen LogP contribution in [0.3, 0.4) is 0 Å². The van der Waals surface area contributed by atoms with Gasteiger partial charge in [0.2, 0.25) is 11.8 Å². The van der Waals surface area contributed by atoms with Crippen molar-refractivity contribution in [3.05, 3.63) is 70.8 Å². The van der Waals surface area contributed by atoms with Crippen LogP contribution in [0.2, 0.25) is 0 Å². The molecular formula is C26H28N2O7. The van der Waals surface area contributed by atoms with Gasteiger partial charge in [0.15, 0.2) is 11.5 Å². The van der Waals surface area contributed by atoms with Gasteiger partial charge in [-0.05, 0) is 23.8 Å². The summed E-state index contributed by atoms with van der Waals surface area (Å²) in [6.07, 6.45) is 0.189. The molecule has 2 amide bonds. The van der Waals surface area contributed by atoms with Crippen molar-refractivity contribution in [2.24, 2.45) is 0 Å². The van der Waals surface area contributed by atoms with Crippen molar-refractivity contribution in [2.75, 3.05) is 20.3 Å². The van der Waals surface area contributed by atoms with Gasteiger partial charge in [-0.25, -0.2) is 0 Å². The maximum Gasteiger partial charge on any atom is 0.247 e. The van der Waals surface area contributed by atoms with Crippen molar-refractivity contribution in [1.82, 2.24) is 10.2 Å². The molecule has 1 heterocycles. The average Bonchev–Trinajstić information content (AvgIpc) is 3.26. The molecule has 1 aliphatic carbocycles. The van der Waals surface area contributed by atoms with Crippen molar-refractivity contribution >= 4 is 18.1 Å². The molecule has 9 heteroatoms. The van der Waals surface area contributed by atoms with Crippen molar-refractivity contribution in [1.29, 1.82) is 0 Å². The number of ether oxygens (including phenoxy) is 2. The Morgan fingerprint density at radius 1 is 1.23 bits per heavy atom. The van der Waals surface area contributed by atoms with E-state index in [4.69, 9.17) is 9.47 Å². The van der Waals surface area contributed by atoms with Gasteiger partial charge in [0.1, 0.15) is 18.5 Å². The number of methoxy groups -OCH3 is 1. The predicted molar refractivity (Wildman–Crippen MR) is 126 cm³/mol. The first-order valence-electron chi connectivity index (χ1n) is 11.3. The molecule has 1 aliphatic heterocycles. The maximum absolute atomic E-state index is 13.2. The summed E-state index contributed by atoms with van der Waals surface area (Å²) in [7, 11) is 1.44. The summed E-state index contributed by atoms with van der Waals surface area (Å²) in [5.74, 6) is -0.786. The molecule has 4 unspecified atom stereocenters. The molecule has 0 spiro atoms. The number of hydrogen-bond acceptors (Lipinski definition) is 7. The zero-order valence-electron chi connectivity index (χ0n) is 19.5. The molecule has 2 aromatic carbocycles. The highest BCUT2D eigenvalue weighted by atomic mass is 16.5. The van der Waals surface area contributed by atoms with Gasteiger partial charge in [-0.2, -0.15) is 0 Å². The van der Waals surface area contributed by atoms with E-state index < -0.39 is 30.1 Å². The Morgan fingerprint density at radius 3 is 2.60 bits per heavy atom. The Hall–Kier alpha value is -3.69. The molecular weight excluding hydrogens is 452 g/mol. The van der Waals surface area contributed by atoms with Crippen LogP contribution in [-0.4, -0.2) is 71.7 Å². The van der Waals surface area contributed by atoms with Crippen molar-refractivity contribution in [2.45, 2.75) is 37.6 Å². The molecule has 4 rings (SSSR count). The zero-order valence-corrected chi connectivity index (χ0v) is 19.5. The highest BCUT2D eigenvalue weighted by Gasteiger charge is 2.51. The third-order valence-corrected chi connectivity index (χ3v) is 6.37. The monoisotopic (exact) mass is 480 g/mol. The molecule has 3 N–H and O–H groups in total. The number of benzene rings is 2. The number of amides is 2. The third-order valence-electron chi connectivity index (χ3n) is 6.37. The second-order valence-electron chi connectivity index (χ2n) is 8.53. The maximum atomic E-state index is 13.2. The highest BCUT2D eigenvalue weighted by molar-refractivity contribution is 5.96. The van der Waals surface area contributed by atoms with Crippen LogP contribution >= 0.6 is 0 Å². The summed E-state index contributed by atoms with van der Waals surface area (Å²) < 4.78 is 11.6. The first-order chi connectivity index (χ1) is 16.9. The number of carbonyl (C=O) groups is 3. The number of hydrogen-bond donors (Lipinski definition) is 3. The van der Waals surface area contributed by atoms with Crippen LogP contribution in [-0.2, 0) is 16.1 Å². The molecule has 0 fully saturated rings. The molecule has 0 saturated heterocycles. The molecule has 0 radical (unpaired) electrons. The molecule has 0 saturated carbocycles. The predicted octanol–water partition coefficient (Wildman–Crippen LogP) is 1.18. The normalized spacial score (nSPS) is 22.2. The molecule has 9 nitrogen and oxygen atoms in total. The molecule has 0 aromatic heterocycles. The SMILES string of the molecule is COc1cc(C=O)cc2c1OC1C2C(C(=O)NCCO)=CC(N(Cc2ccccc2)C(C)=O)C1O. The molecule has 2 aromatic rings. The quantitative estimate of drug-likeness (QED) is 0.485. The number of carbonyl (C=O) groups excluding carboxylic acids is 3. The zero-order chi connectivity index (χ0) is 25.1. The van der Waals surface area contributed by atoms with Gasteiger partial charge in [-0.3, -0.25) is 14.4 Å². The number of nitrogens with zero attached hydrogens (tertiary/aromatic N) is 1. The van der Waals surface area contributed by atoms with Crippen LogP contribution < -0.4 is 14.8 Å². The Morgan fingerprint density at radius 2 is 1.97 bits per heavy atom. The summed E-state index contributed by atoms with van der Waals surface area (Å²) in [5.41, 5.74) is 2.02. The molecule has 2 aliphatic rings. The minimum atomic E-state index is -1.17. The fraction of sp³-hybridized carbons (Fsp3) is 0.346. The number of aldehydes is 1.